The molecule has 2 aromatic rings. The first-order chi connectivity index (χ1) is 9.52. The summed E-state index contributed by atoms with van der Waals surface area (Å²) in [6.07, 6.45) is 0.307. The van der Waals surface area contributed by atoms with Crippen molar-refractivity contribution in [1.82, 2.24) is 9.59 Å². The average molecular weight is 355 g/mol. The van der Waals surface area contributed by atoms with Crippen molar-refractivity contribution in [1.29, 1.82) is 0 Å². The van der Waals surface area contributed by atoms with E-state index in [1.165, 1.54) is 0 Å². The zero-order valence-corrected chi connectivity index (χ0v) is 13.9. The molecular weight excluding hydrogens is 340 g/mol. The largest absolute Gasteiger partial charge is 0.497 e. The van der Waals surface area contributed by atoms with Crippen LogP contribution in [0.2, 0.25) is 0 Å². The van der Waals surface area contributed by atoms with Crippen LogP contribution in [0.25, 0.3) is 0 Å². The van der Waals surface area contributed by atoms with E-state index in [2.05, 4.69) is 25.5 Å². The molecule has 0 spiro atoms. The molecule has 20 heavy (non-hydrogen) atoms. The molecule has 1 aromatic heterocycles. The number of ether oxygens (including phenoxy) is 1. The Kier molecular flexibility index (Phi) is 4.88. The standard InChI is InChI=1S/C14H15BrN2O2S/c1-8(2)13-14(20-17-16-13)12(18)7-9-6-10(19-3)4-5-11(9)15/h4-6,8H,7H2,1-3H3. The summed E-state index contributed by atoms with van der Waals surface area (Å²) in [5, 5.41) is 4.05. The summed E-state index contributed by atoms with van der Waals surface area (Å²) in [6, 6.07) is 5.60. The van der Waals surface area contributed by atoms with Crippen LogP contribution in [0.1, 0.15) is 40.7 Å². The minimum absolute atomic E-state index is 0.0395. The van der Waals surface area contributed by atoms with Gasteiger partial charge in [0.2, 0.25) is 0 Å². The maximum Gasteiger partial charge on any atom is 0.180 e. The van der Waals surface area contributed by atoms with Gasteiger partial charge in [-0.2, -0.15) is 0 Å². The Morgan fingerprint density at radius 2 is 2.20 bits per heavy atom. The van der Waals surface area contributed by atoms with Gasteiger partial charge in [0.05, 0.1) is 12.8 Å². The second-order valence-corrected chi connectivity index (χ2v) is 6.31. The monoisotopic (exact) mass is 354 g/mol. The van der Waals surface area contributed by atoms with E-state index in [4.69, 9.17) is 4.74 Å². The number of hydrogen-bond acceptors (Lipinski definition) is 5. The molecule has 0 bridgehead atoms. The van der Waals surface area contributed by atoms with Crippen LogP contribution in [0.4, 0.5) is 0 Å². The molecule has 6 heteroatoms. The maximum absolute atomic E-state index is 12.4. The summed E-state index contributed by atoms with van der Waals surface area (Å²) >= 11 is 4.63. The summed E-state index contributed by atoms with van der Waals surface area (Å²) in [5.41, 5.74) is 1.68. The van der Waals surface area contributed by atoms with E-state index in [0.717, 1.165) is 33.0 Å². The predicted octanol–water partition coefficient (Wildman–Crippen LogP) is 3.86. The highest BCUT2D eigenvalue weighted by Gasteiger charge is 2.19. The molecule has 0 amide bonds. The van der Waals surface area contributed by atoms with Crippen molar-refractivity contribution in [2.75, 3.05) is 7.11 Å². The number of Topliss-reactive ketones (excluding diaryl/α,β-unsaturated/α-hetero) is 1. The lowest BCUT2D eigenvalue weighted by Gasteiger charge is -2.07. The number of halogens is 1. The van der Waals surface area contributed by atoms with Crippen molar-refractivity contribution < 1.29 is 9.53 Å². The first-order valence-corrected chi connectivity index (χ1v) is 7.77. The van der Waals surface area contributed by atoms with Crippen molar-refractivity contribution in [2.45, 2.75) is 26.2 Å². The Hall–Kier alpha value is -1.27. The molecule has 0 aliphatic carbocycles. The summed E-state index contributed by atoms with van der Waals surface area (Å²) < 4.78 is 9.98. The Morgan fingerprint density at radius 1 is 1.45 bits per heavy atom. The van der Waals surface area contributed by atoms with Crippen molar-refractivity contribution in [3.8, 4) is 5.75 Å². The number of aromatic nitrogens is 2. The van der Waals surface area contributed by atoms with Crippen LogP contribution >= 0.6 is 27.5 Å². The fourth-order valence-corrected chi connectivity index (χ4v) is 2.98. The van der Waals surface area contributed by atoms with Crippen LogP contribution in [0, 0.1) is 0 Å². The van der Waals surface area contributed by atoms with Crippen LogP contribution < -0.4 is 4.74 Å². The molecule has 0 aliphatic rings. The molecule has 0 atom stereocenters. The minimum Gasteiger partial charge on any atom is -0.497 e. The molecule has 2 rings (SSSR count). The van der Waals surface area contributed by atoms with Crippen LogP contribution in [-0.2, 0) is 6.42 Å². The Bertz CT molecular complexity index is 625. The molecule has 0 N–H and O–H groups in total. The first-order valence-electron chi connectivity index (χ1n) is 6.20. The summed E-state index contributed by atoms with van der Waals surface area (Å²) in [7, 11) is 1.61. The molecule has 4 nitrogen and oxygen atoms in total. The van der Waals surface area contributed by atoms with E-state index in [1.807, 2.05) is 32.0 Å². The number of ketones is 1. The van der Waals surface area contributed by atoms with Gasteiger partial charge < -0.3 is 4.74 Å². The summed E-state index contributed by atoms with van der Waals surface area (Å²) in [5.74, 6) is 0.974. The average Bonchev–Trinajstić information content (AvgIpc) is 2.90. The Morgan fingerprint density at radius 3 is 2.85 bits per heavy atom. The van der Waals surface area contributed by atoms with Crippen LogP contribution in [0.3, 0.4) is 0 Å². The molecule has 0 fully saturated rings. The third-order valence-electron chi connectivity index (χ3n) is 2.92. The highest BCUT2D eigenvalue weighted by Crippen LogP contribution is 2.26. The number of carbonyl (C=O) groups excluding carboxylic acids is 1. The van der Waals surface area contributed by atoms with Gasteiger partial charge in [0, 0.05) is 10.9 Å². The van der Waals surface area contributed by atoms with Crippen molar-refractivity contribution in [2.24, 2.45) is 0 Å². The third kappa shape index (κ3) is 3.24. The van der Waals surface area contributed by atoms with Crippen LogP contribution in [0.15, 0.2) is 22.7 Å². The predicted molar refractivity (Wildman–Crippen MR) is 82.7 cm³/mol. The Labute approximate surface area is 130 Å². The van der Waals surface area contributed by atoms with E-state index in [9.17, 15) is 4.79 Å². The van der Waals surface area contributed by atoms with E-state index < -0.39 is 0 Å². The quantitative estimate of drug-likeness (QED) is 0.765. The minimum atomic E-state index is 0.0395. The fraction of sp³-hybridized carbons (Fsp3) is 0.357. The van der Waals surface area contributed by atoms with Gasteiger partial charge >= 0.3 is 0 Å². The summed E-state index contributed by atoms with van der Waals surface area (Å²) in [6.45, 7) is 4.02. The number of benzene rings is 1. The summed E-state index contributed by atoms with van der Waals surface area (Å²) in [4.78, 5) is 13.1. The third-order valence-corrected chi connectivity index (χ3v) is 4.47. The number of methoxy groups -OCH3 is 1. The highest BCUT2D eigenvalue weighted by molar-refractivity contribution is 9.10. The molecule has 1 heterocycles. The van der Waals surface area contributed by atoms with Gasteiger partial charge in [-0.05, 0) is 41.2 Å². The number of carbonyl (C=O) groups is 1. The topological polar surface area (TPSA) is 52.1 Å². The van der Waals surface area contributed by atoms with E-state index >= 15 is 0 Å². The molecule has 106 valence electrons. The van der Waals surface area contributed by atoms with Gasteiger partial charge in [-0.15, -0.1) is 5.10 Å². The van der Waals surface area contributed by atoms with Crippen molar-refractivity contribution >= 4 is 33.2 Å². The zero-order chi connectivity index (χ0) is 14.7. The Balaban J connectivity index is 2.25. The molecule has 0 saturated heterocycles. The molecule has 0 aliphatic heterocycles. The first kappa shape index (κ1) is 15.1. The van der Waals surface area contributed by atoms with Gasteiger partial charge in [0.25, 0.3) is 0 Å². The van der Waals surface area contributed by atoms with E-state index in [0.29, 0.717) is 11.3 Å². The molecular formula is C14H15BrN2O2S. The normalized spacial score (nSPS) is 10.8. The number of rotatable bonds is 5. The van der Waals surface area contributed by atoms with Crippen molar-refractivity contribution in [3.63, 3.8) is 0 Å². The van der Waals surface area contributed by atoms with Crippen LogP contribution in [0.5, 0.6) is 5.75 Å². The fourth-order valence-electron chi connectivity index (χ4n) is 1.84. The van der Waals surface area contributed by atoms with Gasteiger partial charge in [0.1, 0.15) is 10.6 Å². The zero-order valence-electron chi connectivity index (χ0n) is 11.5. The van der Waals surface area contributed by atoms with Gasteiger partial charge in [-0.25, -0.2) is 0 Å². The molecule has 1 aromatic carbocycles. The molecule has 0 radical (unpaired) electrons. The van der Waals surface area contributed by atoms with Gasteiger partial charge in [-0.3, -0.25) is 4.79 Å². The van der Waals surface area contributed by atoms with Gasteiger partial charge in [0.15, 0.2) is 5.78 Å². The number of hydrogen-bond donors (Lipinski definition) is 0. The van der Waals surface area contributed by atoms with Crippen LogP contribution in [-0.4, -0.2) is 22.5 Å². The lowest BCUT2D eigenvalue weighted by molar-refractivity contribution is 0.0995. The smallest absolute Gasteiger partial charge is 0.180 e. The van der Waals surface area contributed by atoms with Crippen molar-refractivity contribution in [3.05, 3.63) is 38.8 Å². The lowest BCUT2D eigenvalue weighted by atomic mass is 10.0. The molecule has 0 unspecified atom stereocenters. The lowest BCUT2D eigenvalue weighted by Crippen LogP contribution is -2.06. The SMILES string of the molecule is COc1ccc(Br)c(CC(=O)c2snnc2C(C)C)c1. The number of nitrogens with zero attached hydrogens (tertiary/aromatic N) is 2. The highest BCUT2D eigenvalue weighted by atomic mass is 79.9. The van der Waals surface area contributed by atoms with Gasteiger partial charge in [-0.1, -0.05) is 34.3 Å². The van der Waals surface area contributed by atoms with E-state index in [1.54, 1.807) is 7.11 Å². The second-order valence-electron chi connectivity index (χ2n) is 4.70. The molecule has 0 saturated carbocycles. The maximum atomic E-state index is 12.4. The second kappa shape index (κ2) is 6.45. The van der Waals surface area contributed by atoms with E-state index in [-0.39, 0.29) is 11.7 Å².